The van der Waals surface area contributed by atoms with Gasteiger partial charge in [-0.2, -0.15) is 0 Å². The van der Waals surface area contributed by atoms with Gasteiger partial charge in [0.1, 0.15) is 6.54 Å². The second-order valence-corrected chi connectivity index (χ2v) is 7.99. The summed E-state index contributed by atoms with van der Waals surface area (Å²) in [7, 11) is 0. The van der Waals surface area contributed by atoms with Gasteiger partial charge in [0.25, 0.3) is 5.91 Å². The number of nitrogens with zero attached hydrogens (tertiary/aromatic N) is 1. The van der Waals surface area contributed by atoms with Gasteiger partial charge in [-0.25, -0.2) is 0 Å². The minimum absolute atomic E-state index is 0.0834. The van der Waals surface area contributed by atoms with Crippen molar-refractivity contribution in [3.63, 3.8) is 0 Å². The van der Waals surface area contributed by atoms with Gasteiger partial charge < -0.3 is 10.1 Å². The molecule has 1 heterocycles. The molecule has 8 heteroatoms. The lowest BCUT2D eigenvalue weighted by molar-refractivity contribution is -0.154. The third-order valence-electron chi connectivity index (χ3n) is 6.25. The van der Waals surface area contributed by atoms with Crippen molar-refractivity contribution in [3.05, 3.63) is 29.8 Å². The topological polar surface area (TPSA) is 110 Å². The number of esters is 1. The van der Waals surface area contributed by atoms with E-state index in [1.807, 2.05) is 0 Å². The number of hydrogen-bond donors (Lipinski definition) is 1. The van der Waals surface area contributed by atoms with Crippen LogP contribution in [-0.4, -0.2) is 47.5 Å². The number of carbonyl (C=O) groups is 5. The standard InChI is InChI=1S/C21H22N2O6/c1-11(24)12-4-6-15(7-5-12)22-16(25)10-29-17(26)9-23-20(27)18-13-2-3-14(8-13)19(18)21(23)28/h4-7,13-14,18-19H,2-3,8-10H2,1H3,(H,22,25)/t13-,14-,18+,19+/m0/s1. The van der Waals surface area contributed by atoms with Crippen molar-refractivity contribution in [1.82, 2.24) is 4.90 Å². The molecule has 3 fully saturated rings. The van der Waals surface area contributed by atoms with Crippen LogP contribution in [-0.2, 0) is 23.9 Å². The molecule has 152 valence electrons. The molecule has 29 heavy (non-hydrogen) atoms. The fraction of sp³-hybridized carbons (Fsp3) is 0.476. The van der Waals surface area contributed by atoms with Gasteiger partial charge in [-0.05, 0) is 62.3 Å². The van der Waals surface area contributed by atoms with Crippen LogP contribution in [0.15, 0.2) is 24.3 Å². The summed E-state index contributed by atoms with van der Waals surface area (Å²) in [4.78, 5) is 61.4. The monoisotopic (exact) mass is 398 g/mol. The van der Waals surface area contributed by atoms with Crippen LogP contribution in [0.5, 0.6) is 0 Å². The molecule has 0 unspecified atom stereocenters. The first kappa shape index (κ1) is 19.3. The average Bonchev–Trinajstić information content (AvgIpc) is 3.37. The highest BCUT2D eigenvalue weighted by Gasteiger charge is 2.61. The smallest absolute Gasteiger partial charge is 0.326 e. The molecule has 3 amide bonds. The van der Waals surface area contributed by atoms with Gasteiger partial charge in [-0.3, -0.25) is 28.9 Å². The lowest BCUT2D eigenvalue weighted by Crippen LogP contribution is -2.38. The van der Waals surface area contributed by atoms with Crippen LogP contribution in [0.1, 0.15) is 36.5 Å². The number of imide groups is 1. The predicted molar refractivity (Wildman–Crippen MR) is 101 cm³/mol. The molecule has 3 aliphatic rings. The molecular formula is C21H22N2O6. The quantitative estimate of drug-likeness (QED) is 0.441. The Hall–Kier alpha value is -3.03. The number of hydrogen-bond acceptors (Lipinski definition) is 6. The second kappa shape index (κ2) is 7.42. The number of likely N-dealkylation sites (tertiary alicyclic amines) is 1. The summed E-state index contributed by atoms with van der Waals surface area (Å²) in [6, 6.07) is 6.31. The van der Waals surface area contributed by atoms with E-state index in [-0.39, 0.29) is 41.3 Å². The fourth-order valence-corrected chi connectivity index (χ4v) is 4.93. The lowest BCUT2D eigenvalue weighted by atomic mass is 9.81. The van der Waals surface area contributed by atoms with Crippen molar-refractivity contribution in [2.45, 2.75) is 26.2 Å². The highest BCUT2D eigenvalue weighted by atomic mass is 16.5. The van der Waals surface area contributed by atoms with E-state index in [1.165, 1.54) is 6.92 Å². The number of amides is 3. The van der Waals surface area contributed by atoms with Gasteiger partial charge in [0.2, 0.25) is 11.8 Å². The van der Waals surface area contributed by atoms with Crippen LogP contribution in [0.3, 0.4) is 0 Å². The number of fused-ring (bicyclic) bond motifs is 5. The molecule has 0 radical (unpaired) electrons. The molecular weight excluding hydrogens is 376 g/mol. The SMILES string of the molecule is CC(=O)c1ccc(NC(=O)COC(=O)CN2C(=O)[C@@H]3[C@H]4CC[C@@H](C4)[C@H]3C2=O)cc1. The highest BCUT2D eigenvalue weighted by molar-refractivity contribution is 6.08. The fourth-order valence-electron chi connectivity index (χ4n) is 4.93. The van der Waals surface area contributed by atoms with Gasteiger partial charge in [0, 0.05) is 11.3 Å². The highest BCUT2D eigenvalue weighted by Crippen LogP contribution is 2.56. The van der Waals surface area contributed by atoms with E-state index < -0.39 is 25.0 Å². The Morgan fingerprint density at radius 3 is 2.17 bits per heavy atom. The number of nitrogens with one attached hydrogen (secondary N) is 1. The summed E-state index contributed by atoms with van der Waals surface area (Å²) in [5.41, 5.74) is 0.983. The zero-order valence-corrected chi connectivity index (χ0v) is 16.1. The summed E-state index contributed by atoms with van der Waals surface area (Å²) in [6.07, 6.45) is 2.87. The van der Waals surface area contributed by atoms with E-state index in [0.717, 1.165) is 24.2 Å². The van der Waals surface area contributed by atoms with Gasteiger partial charge in [-0.1, -0.05) is 0 Å². The largest absolute Gasteiger partial charge is 0.454 e. The zero-order valence-electron chi connectivity index (χ0n) is 16.1. The van der Waals surface area contributed by atoms with E-state index >= 15 is 0 Å². The Kier molecular flexibility index (Phi) is 4.94. The number of ether oxygens (including phenoxy) is 1. The molecule has 1 N–H and O–H groups in total. The van der Waals surface area contributed by atoms with Crippen molar-refractivity contribution < 1.29 is 28.7 Å². The molecule has 2 saturated carbocycles. The molecule has 8 nitrogen and oxygen atoms in total. The first-order valence-corrected chi connectivity index (χ1v) is 9.77. The summed E-state index contributed by atoms with van der Waals surface area (Å²) < 4.78 is 4.94. The van der Waals surface area contributed by atoms with Gasteiger partial charge in [-0.15, -0.1) is 0 Å². The van der Waals surface area contributed by atoms with Crippen LogP contribution in [0, 0.1) is 23.7 Å². The number of ketones is 1. The van der Waals surface area contributed by atoms with E-state index in [2.05, 4.69) is 5.32 Å². The summed E-state index contributed by atoms with van der Waals surface area (Å²) >= 11 is 0. The zero-order chi connectivity index (χ0) is 20.7. The molecule has 1 saturated heterocycles. The van der Waals surface area contributed by atoms with E-state index in [1.54, 1.807) is 24.3 Å². The van der Waals surface area contributed by atoms with Crippen molar-refractivity contribution in [3.8, 4) is 0 Å². The van der Waals surface area contributed by atoms with Crippen molar-refractivity contribution in [1.29, 1.82) is 0 Å². The van der Waals surface area contributed by atoms with Crippen LogP contribution in [0.4, 0.5) is 5.69 Å². The number of anilines is 1. The molecule has 0 spiro atoms. The molecule has 0 aromatic heterocycles. The van der Waals surface area contributed by atoms with Gasteiger partial charge in [0.05, 0.1) is 11.8 Å². The molecule has 2 bridgehead atoms. The Morgan fingerprint density at radius 1 is 1.03 bits per heavy atom. The van der Waals surface area contributed by atoms with E-state index in [4.69, 9.17) is 4.74 Å². The first-order valence-electron chi connectivity index (χ1n) is 9.77. The van der Waals surface area contributed by atoms with Crippen molar-refractivity contribution >= 4 is 35.2 Å². The second-order valence-electron chi connectivity index (χ2n) is 7.99. The summed E-state index contributed by atoms with van der Waals surface area (Å²) in [5, 5.41) is 2.55. The molecule has 1 aromatic carbocycles. The Labute approximate surface area is 167 Å². The first-order chi connectivity index (χ1) is 13.8. The molecule has 4 rings (SSSR count). The Balaban J connectivity index is 1.27. The molecule has 1 aliphatic heterocycles. The lowest BCUT2D eigenvalue weighted by Gasteiger charge is -2.19. The Morgan fingerprint density at radius 2 is 1.62 bits per heavy atom. The number of carbonyl (C=O) groups excluding carboxylic acids is 5. The minimum atomic E-state index is -0.791. The van der Waals surface area contributed by atoms with E-state index in [0.29, 0.717) is 11.3 Å². The van der Waals surface area contributed by atoms with Crippen molar-refractivity contribution in [2.24, 2.45) is 23.7 Å². The summed E-state index contributed by atoms with van der Waals surface area (Å²) in [5.74, 6) is -2.04. The molecule has 2 aliphatic carbocycles. The van der Waals surface area contributed by atoms with Crippen molar-refractivity contribution in [2.75, 3.05) is 18.5 Å². The molecule has 1 aromatic rings. The van der Waals surface area contributed by atoms with Crippen LogP contribution >= 0.6 is 0 Å². The minimum Gasteiger partial charge on any atom is -0.454 e. The maximum absolute atomic E-state index is 12.6. The third kappa shape index (κ3) is 3.54. The third-order valence-corrected chi connectivity index (χ3v) is 6.25. The predicted octanol–water partition coefficient (Wildman–Crippen LogP) is 1.40. The maximum atomic E-state index is 12.6. The maximum Gasteiger partial charge on any atom is 0.326 e. The van der Waals surface area contributed by atoms with Gasteiger partial charge in [0.15, 0.2) is 12.4 Å². The number of benzene rings is 1. The number of Topliss-reactive ketones (excluding diaryl/α,β-unsaturated/α-hetero) is 1. The van der Waals surface area contributed by atoms with E-state index in [9.17, 15) is 24.0 Å². The van der Waals surface area contributed by atoms with Crippen LogP contribution in [0.2, 0.25) is 0 Å². The normalized spacial score (nSPS) is 27.1. The Bertz CT molecular complexity index is 865. The summed E-state index contributed by atoms with van der Waals surface area (Å²) in [6.45, 7) is 0.465. The van der Waals surface area contributed by atoms with Crippen LogP contribution in [0.25, 0.3) is 0 Å². The average molecular weight is 398 g/mol. The number of rotatable bonds is 6. The van der Waals surface area contributed by atoms with Gasteiger partial charge >= 0.3 is 5.97 Å². The molecule has 4 atom stereocenters. The van der Waals surface area contributed by atoms with Crippen LogP contribution < -0.4 is 5.32 Å².